The summed E-state index contributed by atoms with van der Waals surface area (Å²) in [6.45, 7) is 5.63. The van der Waals surface area contributed by atoms with E-state index < -0.39 is 15.5 Å². The number of sulfonamides is 1. The molecule has 0 aliphatic carbocycles. The van der Waals surface area contributed by atoms with Crippen molar-refractivity contribution < 1.29 is 21.6 Å². The zero-order valence-corrected chi connectivity index (χ0v) is 10.3. The summed E-state index contributed by atoms with van der Waals surface area (Å²) in [4.78, 5) is 0. The van der Waals surface area contributed by atoms with E-state index in [1.807, 2.05) is 20.8 Å². The fourth-order valence-electron chi connectivity index (χ4n) is 1.97. The molecule has 1 fully saturated rings. The van der Waals surface area contributed by atoms with E-state index in [0.29, 0.717) is 10.7 Å². The van der Waals surface area contributed by atoms with Gasteiger partial charge in [0.15, 0.2) is 0 Å². The summed E-state index contributed by atoms with van der Waals surface area (Å²) < 4.78 is 59.3. The molecular formula is C9H16F3NO2S. The summed E-state index contributed by atoms with van der Waals surface area (Å²) in [6, 6.07) is 0. The lowest BCUT2D eigenvalue weighted by molar-refractivity contribution is -0.0619. The molecule has 0 aromatic carbocycles. The molecule has 0 radical (unpaired) electrons. The zero-order chi connectivity index (χ0) is 12.8. The molecule has 0 aromatic rings. The maximum atomic E-state index is 12.2. The van der Waals surface area contributed by atoms with Crippen molar-refractivity contribution in [3.63, 3.8) is 0 Å². The lowest BCUT2D eigenvalue weighted by atomic mass is 9.70. The summed E-state index contributed by atoms with van der Waals surface area (Å²) in [5, 5.41) is 0. The first-order chi connectivity index (χ1) is 7.07. The van der Waals surface area contributed by atoms with Crippen molar-refractivity contribution >= 4 is 10.0 Å². The van der Waals surface area contributed by atoms with Crippen molar-refractivity contribution in [1.29, 1.82) is 0 Å². The van der Waals surface area contributed by atoms with Crippen LogP contribution in [0.15, 0.2) is 0 Å². The van der Waals surface area contributed by atoms with Crippen molar-refractivity contribution in [3.05, 3.63) is 0 Å². The minimum atomic E-state index is -5.18. The molecule has 1 saturated heterocycles. The number of halogens is 3. The van der Waals surface area contributed by atoms with E-state index in [9.17, 15) is 21.6 Å². The molecule has 1 heterocycles. The molecular weight excluding hydrogens is 243 g/mol. The van der Waals surface area contributed by atoms with E-state index in [2.05, 4.69) is 0 Å². The van der Waals surface area contributed by atoms with E-state index in [1.54, 1.807) is 0 Å². The molecule has 1 aliphatic heterocycles. The summed E-state index contributed by atoms with van der Waals surface area (Å²) >= 11 is 0. The van der Waals surface area contributed by atoms with Gasteiger partial charge >= 0.3 is 15.5 Å². The number of rotatable bonds is 3. The van der Waals surface area contributed by atoms with Crippen LogP contribution in [-0.2, 0) is 10.0 Å². The number of hydrogen-bond acceptors (Lipinski definition) is 2. The molecule has 3 nitrogen and oxygen atoms in total. The van der Waals surface area contributed by atoms with Gasteiger partial charge < -0.3 is 0 Å². The normalized spacial score (nSPS) is 22.2. The van der Waals surface area contributed by atoms with Gasteiger partial charge in [0.1, 0.15) is 0 Å². The summed E-state index contributed by atoms with van der Waals surface area (Å²) in [7, 11) is -5.12. The Morgan fingerprint density at radius 1 is 1.31 bits per heavy atom. The van der Waals surface area contributed by atoms with Crippen LogP contribution >= 0.6 is 0 Å². The van der Waals surface area contributed by atoms with Crippen LogP contribution in [0.3, 0.4) is 0 Å². The number of hydrogen-bond donors (Lipinski definition) is 0. The molecule has 1 rings (SSSR count). The van der Waals surface area contributed by atoms with Crippen molar-refractivity contribution in [1.82, 2.24) is 4.31 Å². The first-order valence-electron chi connectivity index (χ1n) is 5.13. The monoisotopic (exact) mass is 259 g/mol. The average molecular weight is 259 g/mol. The first-order valence-corrected chi connectivity index (χ1v) is 6.57. The van der Waals surface area contributed by atoms with Crippen molar-refractivity contribution in [2.45, 2.75) is 32.7 Å². The van der Waals surface area contributed by atoms with Gasteiger partial charge in [-0.25, -0.2) is 8.42 Å². The predicted octanol–water partition coefficient (Wildman–Crippen LogP) is 2.20. The summed E-state index contributed by atoms with van der Waals surface area (Å²) in [5.41, 5.74) is -5.47. The van der Waals surface area contributed by atoms with Gasteiger partial charge in [0.25, 0.3) is 0 Å². The Kier molecular flexibility index (Phi) is 3.33. The molecule has 0 amide bonds. The molecule has 0 spiro atoms. The predicted molar refractivity (Wildman–Crippen MR) is 54.1 cm³/mol. The number of alkyl halides is 3. The Bertz CT molecular complexity index is 355. The van der Waals surface area contributed by atoms with E-state index in [1.165, 1.54) is 0 Å². The highest BCUT2D eigenvalue weighted by Crippen LogP contribution is 2.44. The summed E-state index contributed by atoms with van der Waals surface area (Å²) in [5.74, 6) is 0.178. The lowest BCUT2D eigenvalue weighted by Gasteiger charge is -2.51. The zero-order valence-electron chi connectivity index (χ0n) is 9.50. The Labute approximate surface area is 93.7 Å². The third kappa shape index (κ3) is 1.95. The van der Waals surface area contributed by atoms with E-state index >= 15 is 0 Å². The molecule has 0 saturated carbocycles. The number of nitrogens with zero attached hydrogens (tertiary/aromatic N) is 1. The molecule has 0 unspecified atom stereocenters. The third-order valence-electron chi connectivity index (χ3n) is 3.54. The van der Waals surface area contributed by atoms with Crippen molar-refractivity contribution in [2.75, 3.05) is 13.1 Å². The highest BCUT2D eigenvalue weighted by atomic mass is 32.2. The van der Waals surface area contributed by atoms with Crippen LogP contribution in [0.1, 0.15) is 27.2 Å². The van der Waals surface area contributed by atoms with Crippen molar-refractivity contribution in [2.24, 2.45) is 11.3 Å². The van der Waals surface area contributed by atoms with Gasteiger partial charge in [-0.1, -0.05) is 20.8 Å². The Hall–Kier alpha value is -0.300. The van der Waals surface area contributed by atoms with Gasteiger partial charge in [-0.2, -0.15) is 17.5 Å². The van der Waals surface area contributed by atoms with Gasteiger partial charge in [-0.15, -0.1) is 0 Å². The van der Waals surface area contributed by atoms with Gasteiger partial charge in [0.2, 0.25) is 0 Å². The van der Waals surface area contributed by atoms with Gasteiger partial charge in [-0.3, -0.25) is 0 Å². The molecule has 0 bridgehead atoms. The maximum Gasteiger partial charge on any atom is 0.511 e. The second kappa shape index (κ2) is 3.87. The molecule has 16 heavy (non-hydrogen) atoms. The second-order valence-corrected chi connectivity index (χ2v) is 6.52. The van der Waals surface area contributed by atoms with Gasteiger partial charge in [0, 0.05) is 18.5 Å². The maximum absolute atomic E-state index is 12.2. The quantitative estimate of drug-likeness (QED) is 0.779. The Balaban J connectivity index is 2.80. The van der Waals surface area contributed by atoms with Crippen LogP contribution in [-0.4, -0.2) is 31.3 Å². The topological polar surface area (TPSA) is 37.4 Å². The van der Waals surface area contributed by atoms with Crippen LogP contribution in [0.2, 0.25) is 0 Å². The lowest BCUT2D eigenvalue weighted by Crippen LogP contribution is -2.62. The van der Waals surface area contributed by atoms with Crippen LogP contribution in [0, 0.1) is 11.3 Å². The average Bonchev–Trinajstić information content (AvgIpc) is 1.99. The molecule has 7 heteroatoms. The minimum Gasteiger partial charge on any atom is -0.203 e. The Morgan fingerprint density at radius 3 is 2.00 bits per heavy atom. The van der Waals surface area contributed by atoms with Gasteiger partial charge in [-0.05, 0) is 12.3 Å². The van der Waals surface area contributed by atoms with E-state index in [0.717, 1.165) is 0 Å². The standard InChI is InChI=1S/C9H16F3NO2S/c1-4-8(7(2)3)5-13(6-8)16(14,15)9(10,11)12/h7H,4-6H2,1-3H3. The van der Waals surface area contributed by atoms with Crippen LogP contribution in [0.4, 0.5) is 13.2 Å². The van der Waals surface area contributed by atoms with Gasteiger partial charge in [0.05, 0.1) is 0 Å². The van der Waals surface area contributed by atoms with Crippen molar-refractivity contribution in [3.8, 4) is 0 Å². The molecule has 0 N–H and O–H groups in total. The van der Waals surface area contributed by atoms with Crippen LogP contribution in [0.5, 0.6) is 0 Å². The SMILES string of the molecule is CCC1(C(C)C)CN(S(=O)(=O)C(F)(F)F)C1. The second-order valence-electron chi connectivity index (χ2n) is 4.59. The fourth-order valence-corrected chi connectivity index (χ4v) is 3.12. The molecule has 96 valence electrons. The molecule has 0 aromatic heterocycles. The van der Waals surface area contributed by atoms with E-state index in [-0.39, 0.29) is 24.4 Å². The smallest absolute Gasteiger partial charge is 0.203 e. The summed E-state index contributed by atoms with van der Waals surface area (Å²) in [6.07, 6.45) is 0.689. The largest absolute Gasteiger partial charge is 0.511 e. The third-order valence-corrected chi connectivity index (χ3v) is 5.07. The highest BCUT2D eigenvalue weighted by molar-refractivity contribution is 7.90. The minimum absolute atomic E-state index is 0.0248. The molecule has 1 aliphatic rings. The molecule has 0 atom stereocenters. The Morgan fingerprint density at radius 2 is 1.75 bits per heavy atom. The van der Waals surface area contributed by atoms with Crippen LogP contribution < -0.4 is 0 Å². The van der Waals surface area contributed by atoms with Crippen LogP contribution in [0.25, 0.3) is 0 Å². The first kappa shape index (κ1) is 13.8. The highest BCUT2D eigenvalue weighted by Gasteiger charge is 2.57. The fraction of sp³-hybridized carbons (Fsp3) is 1.00. The van der Waals surface area contributed by atoms with E-state index in [4.69, 9.17) is 0 Å².